The van der Waals surface area contributed by atoms with Crippen LogP contribution in [0.4, 0.5) is 0 Å². The average molecular weight is 418 g/mol. The minimum Gasteiger partial charge on any atom is -0.496 e. The van der Waals surface area contributed by atoms with Gasteiger partial charge in [0.25, 0.3) is 5.91 Å². The van der Waals surface area contributed by atoms with Crippen LogP contribution in [-0.4, -0.2) is 47.1 Å². The zero-order chi connectivity index (χ0) is 21.6. The molecule has 0 unspecified atom stereocenters. The summed E-state index contributed by atoms with van der Waals surface area (Å²) < 4.78 is 5.36. The first-order chi connectivity index (χ1) is 15.2. The second-order valence-corrected chi connectivity index (χ2v) is 7.57. The number of aromatic amines is 1. The van der Waals surface area contributed by atoms with Crippen LogP contribution >= 0.6 is 0 Å². The van der Waals surface area contributed by atoms with Gasteiger partial charge in [-0.25, -0.2) is 0 Å². The van der Waals surface area contributed by atoms with Crippen molar-refractivity contribution in [1.29, 1.82) is 0 Å². The SMILES string of the molecule is COc1ccccc1CC(=O)N1CCc2[nH]nc(C(=O)NCCc3ccccc3)c2C1. The Morgan fingerprint density at radius 2 is 1.90 bits per heavy atom. The number of rotatable bonds is 7. The van der Waals surface area contributed by atoms with Gasteiger partial charge < -0.3 is 15.0 Å². The predicted molar refractivity (Wildman–Crippen MR) is 117 cm³/mol. The van der Waals surface area contributed by atoms with Gasteiger partial charge >= 0.3 is 0 Å². The van der Waals surface area contributed by atoms with E-state index in [0.717, 1.165) is 23.2 Å². The molecular weight excluding hydrogens is 392 g/mol. The van der Waals surface area contributed by atoms with E-state index in [9.17, 15) is 9.59 Å². The number of carbonyl (C=O) groups is 2. The fraction of sp³-hybridized carbons (Fsp3) is 0.292. The largest absolute Gasteiger partial charge is 0.496 e. The van der Waals surface area contributed by atoms with E-state index < -0.39 is 0 Å². The number of fused-ring (bicyclic) bond motifs is 1. The topological polar surface area (TPSA) is 87.3 Å². The molecule has 0 saturated heterocycles. The van der Waals surface area contributed by atoms with Gasteiger partial charge in [-0.15, -0.1) is 0 Å². The van der Waals surface area contributed by atoms with Crippen molar-refractivity contribution in [3.05, 3.63) is 82.7 Å². The van der Waals surface area contributed by atoms with Crippen LogP contribution in [0.5, 0.6) is 5.75 Å². The zero-order valence-corrected chi connectivity index (χ0v) is 17.6. The first-order valence-corrected chi connectivity index (χ1v) is 10.4. The molecule has 1 aromatic heterocycles. The summed E-state index contributed by atoms with van der Waals surface area (Å²) in [5, 5.41) is 10.1. The van der Waals surface area contributed by atoms with E-state index in [-0.39, 0.29) is 18.2 Å². The van der Waals surface area contributed by atoms with E-state index in [0.29, 0.717) is 37.5 Å². The molecule has 0 atom stereocenters. The lowest BCUT2D eigenvalue weighted by atomic mass is 10.0. The lowest BCUT2D eigenvalue weighted by molar-refractivity contribution is -0.131. The number of methoxy groups -OCH3 is 1. The van der Waals surface area contributed by atoms with Crippen LogP contribution in [0.3, 0.4) is 0 Å². The number of hydrogen-bond acceptors (Lipinski definition) is 4. The van der Waals surface area contributed by atoms with Gasteiger partial charge in [0.05, 0.1) is 13.5 Å². The molecule has 4 rings (SSSR count). The molecule has 0 bridgehead atoms. The van der Waals surface area contributed by atoms with Crippen molar-refractivity contribution in [2.75, 3.05) is 20.2 Å². The minimum atomic E-state index is -0.215. The van der Waals surface area contributed by atoms with Gasteiger partial charge in [0.15, 0.2) is 5.69 Å². The van der Waals surface area contributed by atoms with Crippen LogP contribution in [0.1, 0.15) is 32.9 Å². The number of H-pyrrole nitrogens is 1. The number of ether oxygens (including phenoxy) is 1. The van der Waals surface area contributed by atoms with Gasteiger partial charge in [0.1, 0.15) is 5.75 Å². The molecule has 0 saturated carbocycles. The van der Waals surface area contributed by atoms with Crippen molar-refractivity contribution in [1.82, 2.24) is 20.4 Å². The highest BCUT2D eigenvalue weighted by molar-refractivity contribution is 5.94. The van der Waals surface area contributed by atoms with Gasteiger partial charge in [-0.05, 0) is 18.1 Å². The van der Waals surface area contributed by atoms with Crippen LogP contribution in [-0.2, 0) is 30.6 Å². The maximum atomic E-state index is 12.9. The molecule has 0 spiro atoms. The Hall–Kier alpha value is -3.61. The maximum Gasteiger partial charge on any atom is 0.272 e. The molecule has 0 fully saturated rings. The molecule has 7 nitrogen and oxygen atoms in total. The molecule has 7 heteroatoms. The van der Waals surface area contributed by atoms with E-state index in [1.807, 2.05) is 54.6 Å². The van der Waals surface area contributed by atoms with Gasteiger partial charge in [-0.1, -0.05) is 48.5 Å². The third-order valence-corrected chi connectivity index (χ3v) is 5.58. The lowest BCUT2D eigenvalue weighted by Crippen LogP contribution is -2.38. The van der Waals surface area contributed by atoms with Gasteiger partial charge in [-0.3, -0.25) is 14.7 Å². The first-order valence-electron chi connectivity index (χ1n) is 10.4. The molecule has 3 aromatic rings. The van der Waals surface area contributed by atoms with Crippen LogP contribution in [0.15, 0.2) is 54.6 Å². The Labute approximate surface area is 181 Å². The lowest BCUT2D eigenvalue weighted by Gasteiger charge is -2.27. The third kappa shape index (κ3) is 4.77. The molecule has 1 aliphatic heterocycles. The quantitative estimate of drug-likeness (QED) is 0.617. The van der Waals surface area contributed by atoms with Crippen molar-refractivity contribution in [2.45, 2.75) is 25.8 Å². The number of aromatic nitrogens is 2. The highest BCUT2D eigenvalue weighted by Crippen LogP contribution is 2.23. The zero-order valence-electron chi connectivity index (χ0n) is 17.6. The summed E-state index contributed by atoms with van der Waals surface area (Å²) in [5.41, 5.74) is 4.12. The van der Waals surface area contributed by atoms with E-state index in [4.69, 9.17) is 4.74 Å². The molecule has 2 amide bonds. The molecule has 2 aromatic carbocycles. The molecule has 1 aliphatic rings. The number of amides is 2. The summed E-state index contributed by atoms with van der Waals surface area (Å²) in [6.07, 6.45) is 1.66. The Morgan fingerprint density at radius 3 is 2.71 bits per heavy atom. The van der Waals surface area contributed by atoms with Gasteiger partial charge in [0, 0.05) is 42.9 Å². The summed E-state index contributed by atoms with van der Waals surface area (Å²) in [6, 6.07) is 17.5. The smallest absolute Gasteiger partial charge is 0.272 e. The van der Waals surface area contributed by atoms with Crippen LogP contribution < -0.4 is 10.1 Å². The highest BCUT2D eigenvalue weighted by Gasteiger charge is 2.28. The highest BCUT2D eigenvalue weighted by atomic mass is 16.5. The summed E-state index contributed by atoms with van der Waals surface area (Å²) in [7, 11) is 1.60. The third-order valence-electron chi connectivity index (χ3n) is 5.58. The number of para-hydroxylation sites is 1. The van der Waals surface area contributed by atoms with E-state index >= 15 is 0 Å². The van der Waals surface area contributed by atoms with Crippen LogP contribution in [0.25, 0.3) is 0 Å². The Bertz CT molecular complexity index is 1060. The average Bonchev–Trinajstić information content (AvgIpc) is 3.23. The second kappa shape index (κ2) is 9.47. The standard InChI is InChI=1S/C24H26N4O3/c1-31-21-10-6-5-9-18(21)15-22(29)28-14-12-20-19(16-28)23(27-26-20)24(30)25-13-11-17-7-3-2-4-8-17/h2-10H,11-16H2,1H3,(H,25,30)(H,26,27). The van der Waals surface area contributed by atoms with Crippen molar-refractivity contribution in [3.63, 3.8) is 0 Å². The fourth-order valence-electron chi connectivity index (χ4n) is 3.87. The molecule has 2 heterocycles. The van der Waals surface area contributed by atoms with E-state index in [1.54, 1.807) is 12.0 Å². The molecule has 0 aliphatic carbocycles. The molecule has 0 radical (unpaired) electrons. The Morgan fingerprint density at radius 1 is 1.13 bits per heavy atom. The number of hydrogen-bond donors (Lipinski definition) is 2. The predicted octanol–water partition coefficient (Wildman–Crippen LogP) is 2.52. The molecule has 160 valence electrons. The minimum absolute atomic E-state index is 0.00628. The summed E-state index contributed by atoms with van der Waals surface area (Å²) >= 11 is 0. The Kier molecular flexibility index (Phi) is 6.31. The van der Waals surface area contributed by atoms with Crippen LogP contribution in [0.2, 0.25) is 0 Å². The maximum absolute atomic E-state index is 12.9. The summed E-state index contributed by atoms with van der Waals surface area (Å²) in [6.45, 7) is 1.50. The number of carbonyl (C=O) groups excluding carboxylic acids is 2. The summed E-state index contributed by atoms with van der Waals surface area (Å²) in [5.74, 6) is 0.495. The monoisotopic (exact) mass is 418 g/mol. The normalized spacial score (nSPS) is 12.9. The van der Waals surface area contributed by atoms with Gasteiger partial charge in [0.2, 0.25) is 5.91 Å². The first kappa shape index (κ1) is 20.7. The molecule has 2 N–H and O–H groups in total. The van der Waals surface area contributed by atoms with E-state index in [1.165, 1.54) is 5.56 Å². The molecular formula is C24H26N4O3. The van der Waals surface area contributed by atoms with Crippen molar-refractivity contribution in [3.8, 4) is 5.75 Å². The van der Waals surface area contributed by atoms with Crippen molar-refractivity contribution >= 4 is 11.8 Å². The van der Waals surface area contributed by atoms with Gasteiger partial charge in [-0.2, -0.15) is 5.10 Å². The Balaban J connectivity index is 1.39. The van der Waals surface area contributed by atoms with Crippen LogP contribution in [0, 0.1) is 0 Å². The molecule has 31 heavy (non-hydrogen) atoms. The fourth-order valence-corrected chi connectivity index (χ4v) is 3.87. The number of benzene rings is 2. The summed E-state index contributed by atoms with van der Waals surface area (Å²) in [4.78, 5) is 27.4. The number of nitrogens with zero attached hydrogens (tertiary/aromatic N) is 2. The van der Waals surface area contributed by atoms with Crippen molar-refractivity contribution in [2.24, 2.45) is 0 Å². The number of nitrogens with one attached hydrogen (secondary N) is 2. The second-order valence-electron chi connectivity index (χ2n) is 7.57. The van der Waals surface area contributed by atoms with E-state index in [2.05, 4.69) is 15.5 Å². The van der Waals surface area contributed by atoms with Crippen molar-refractivity contribution < 1.29 is 14.3 Å².